The van der Waals surface area contributed by atoms with E-state index in [1.165, 1.54) is 0 Å². The molecule has 0 aliphatic heterocycles. The van der Waals surface area contributed by atoms with Crippen LogP contribution in [-0.4, -0.2) is 16.7 Å². The summed E-state index contributed by atoms with van der Waals surface area (Å²) in [5.74, 6) is 1.82. The van der Waals surface area contributed by atoms with Gasteiger partial charge in [0.15, 0.2) is 0 Å². The van der Waals surface area contributed by atoms with Gasteiger partial charge in [0.25, 0.3) is 0 Å². The van der Waals surface area contributed by atoms with Gasteiger partial charge in [0, 0.05) is 5.56 Å². The molecule has 0 saturated heterocycles. The molecule has 0 bridgehead atoms. The van der Waals surface area contributed by atoms with Crippen LogP contribution >= 0.6 is 0 Å². The van der Waals surface area contributed by atoms with E-state index in [1.54, 1.807) is 0 Å². The largest absolute Gasteiger partial charge is 0.494 e. The predicted octanol–water partition coefficient (Wildman–Crippen LogP) is 2.94. The van der Waals surface area contributed by atoms with Crippen LogP contribution in [0.5, 0.6) is 5.75 Å². The number of nitrogens with zero attached hydrogens (tertiary/aromatic N) is 2. The lowest BCUT2D eigenvalue weighted by Gasteiger charge is -2.03. The summed E-state index contributed by atoms with van der Waals surface area (Å²) >= 11 is 0. The molecule has 2 aromatic rings. The van der Waals surface area contributed by atoms with Gasteiger partial charge in [0.05, 0.1) is 12.6 Å². The van der Waals surface area contributed by atoms with Crippen LogP contribution in [0.3, 0.4) is 0 Å². The van der Waals surface area contributed by atoms with E-state index < -0.39 is 0 Å². The van der Waals surface area contributed by atoms with Crippen LogP contribution in [0.1, 0.15) is 38.6 Å². The molecule has 0 spiro atoms. The zero-order valence-corrected chi connectivity index (χ0v) is 11.3. The second-order valence-corrected chi connectivity index (χ2v) is 4.31. The number of rotatable bonds is 6. The predicted molar refractivity (Wildman–Crippen MR) is 72.7 cm³/mol. The minimum absolute atomic E-state index is 0.193. The van der Waals surface area contributed by atoms with Gasteiger partial charge in [-0.1, -0.05) is 30.6 Å². The Balaban J connectivity index is 2.20. The molecule has 0 amide bonds. The smallest absolute Gasteiger partial charge is 0.243 e. The van der Waals surface area contributed by atoms with Crippen LogP contribution in [0.15, 0.2) is 28.8 Å². The number of hydrogen-bond acceptors (Lipinski definition) is 5. The van der Waals surface area contributed by atoms with Gasteiger partial charge in [-0.05, 0) is 25.5 Å². The normalized spacial score (nSPS) is 12.4. The van der Waals surface area contributed by atoms with Crippen molar-refractivity contribution in [1.29, 1.82) is 0 Å². The standard InChI is InChI=1S/C14H19N3O2/c1-3-6-12(15)14-16-13(17-19-14)10-7-5-8-11(9-10)18-4-2/h5,7-9,12H,3-4,6,15H2,1-2H3/t12-/m0/s1. The Bertz CT molecular complexity index is 525. The van der Waals surface area contributed by atoms with Gasteiger partial charge < -0.3 is 15.0 Å². The Morgan fingerprint density at radius 3 is 2.95 bits per heavy atom. The Kier molecular flexibility index (Phi) is 4.52. The average Bonchev–Trinajstić information content (AvgIpc) is 2.89. The SMILES string of the molecule is CCC[C@H](N)c1nc(-c2cccc(OCC)c2)no1. The summed E-state index contributed by atoms with van der Waals surface area (Å²) in [5.41, 5.74) is 6.82. The minimum Gasteiger partial charge on any atom is -0.494 e. The molecule has 19 heavy (non-hydrogen) atoms. The molecule has 2 rings (SSSR count). The van der Waals surface area contributed by atoms with Crippen molar-refractivity contribution in [1.82, 2.24) is 10.1 Å². The summed E-state index contributed by atoms with van der Waals surface area (Å²) in [6, 6.07) is 7.42. The number of benzene rings is 1. The lowest BCUT2D eigenvalue weighted by molar-refractivity contribution is 0.340. The van der Waals surface area contributed by atoms with Gasteiger partial charge in [-0.25, -0.2) is 0 Å². The Labute approximate surface area is 112 Å². The average molecular weight is 261 g/mol. The van der Waals surface area contributed by atoms with Gasteiger partial charge in [0.1, 0.15) is 5.75 Å². The lowest BCUT2D eigenvalue weighted by Crippen LogP contribution is -2.09. The van der Waals surface area contributed by atoms with Crippen LogP contribution in [0.2, 0.25) is 0 Å². The topological polar surface area (TPSA) is 74.2 Å². The van der Waals surface area contributed by atoms with Crippen molar-refractivity contribution in [2.45, 2.75) is 32.7 Å². The fraction of sp³-hybridized carbons (Fsp3) is 0.429. The molecule has 1 aromatic carbocycles. The van der Waals surface area contributed by atoms with E-state index in [1.807, 2.05) is 31.2 Å². The van der Waals surface area contributed by atoms with E-state index in [9.17, 15) is 0 Å². The molecular formula is C14H19N3O2. The van der Waals surface area contributed by atoms with E-state index in [-0.39, 0.29) is 6.04 Å². The Morgan fingerprint density at radius 1 is 1.37 bits per heavy atom. The number of ether oxygens (including phenoxy) is 1. The number of aromatic nitrogens is 2. The second kappa shape index (κ2) is 6.33. The monoisotopic (exact) mass is 261 g/mol. The molecule has 0 saturated carbocycles. The molecule has 1 atom stereocenters. The van der Waals surface area contributed by atoms with Crippen molar-refractivity contribution in [2.75, 3.05) is 6.61 Å². The first-order chi connectivity index (χ1) is 9.24. The van der Waals surface area contributed by atoms with Crippen LogP contribution in [0, 0.1) is 0 Å². The molecule has 0 fully saturated rings. The quantitative estimate of drug-likeness (QED) is 0.865. The van der Waals surface area contributed by atoms with Crippen molar-refractivity contribution < 1.29 is 9.26 Å². The maximum Gasteiger partial charge on any atom is 0.243 e. The molecule has 5 heteroatoms. The van der Waals surface area contributed by atoms with E-state index in [4.69, 9.17) is 15.0 Å². The van der Waals surface area contributed by atoms with Gasteiger partial charge in [-0.3, -0.25) is 0 Å². The molecule has 1 aromatic heterocycles. The minimum atomic E-state index is -0.193. The summed E-state index contributed by atoms with van der Waals surface area (Å²) in [5, 5.41) is 3.97. The second-order valence-electron chi connectivity index (χ2n) is 4.31. The van der Waals surface area contributed by atoms with E-state index in [0.29, 0.717) is 18.3 Å². The third kappa shape index (κ3) is 3.32. The first-order valence-corrected chi connectivity index (χ1v) is 6.57. The summed E-state index contributed by atoms with van der Waals surface area (Å²) in [6.45, 7) is 4.65. The van der Waals surface area contributed by atoms with Crippen molar-refractivity contribution in [3.8, 4) is 17.1 Å². The third-order valence-electron chi connectivity index (χ3n) is 2.76. The van der Waals surface area contributed by atoms with E-state index >= 15 is 0 Å². The molecule has 2 N–H and O–H groups in total. The Morgan fingerprint density at radius 2 is 2.21 bits per heavy atom. The lowest BCUT2D eigenvalue weighted by atomic mass is 10.2. The molecule has 1 heterocycles. The molecule has 0 radical (unpaired) electrons. The molecular weight excluding hydrogens is 242 g/mol. The summed E-state index contributed by atoms with van der Waals surface area (Å²) in [4.78, 5) is 4.34. The van der Waals surface area contributed by atoms with Crippen molar-refractivity contribution >= 4 is 0 Å². The summed E-state index contributed by atoms with van der Waals surface area (Å²) in [7, 11) is 0. The summed E-state index contributed by atoms with van der Waals surface area (Å²) in [6.07, 6.45) is 1.82. The van der Waals surface area contributed by atoms with Crippen molar-refractivity contribution in [2.24, 2.45) is 5.73 Å². The van der Waals surface area contributed by atoms with E-state index in [0.717, 1.165) is 24.2 Å². The molecule has 0 aliphatic rings. The van der Waals surface area contributed by atoms with Crippen molar-refractivity contribution in [3.05, 3.63) is 30.2 Å². The first-order valence-electron chi connectivity index (χ1n) is 6.57. The highest BCUT2D eigenvalue weighted by Crippen LogP contribution is 2.23. The van der Waals surface area contributed by atoms with Crippen LogP contribution in [-0.2, 0) is 0 Å². The zero-order valence-electron chi connectivity index (χ0n) is 11.3. The van der Waals surface area contributed by atoms with Gasteiger partial charge in [-0.2, -0.15) is 4.98 Å². The molecule has 5 nitrogen and oxygen atoms in total. The highest BCUT2D eigenvalue weighted by atomic mass is 16.5. The van der Waals surface area contributed by atoms with E-state index in [2.05, 4.69) is 17.1 Å². The number of hydrogen-bond donors (Lipinski definition) is 1. The molecule has 0 aliphatic carbocycles. The zero-order chi connectivity index (χ0) is 13.7. The fourth-order valence-corrected chi connectivity index (χ4v) is 1.83. The van der Waals surface area contributed by atoms with Gasteiger partial charge in [0.2, 0.25) is 11.7 Å². The van der Waals surface area contributed by atoms with Gasteiger partial charge >= 0.3 is 0 Å². The van der Waals surface area contributed by atoms with Crippen molar-refractivity contribution in [3.63, 3.8) is 0 Å². The first kappa shape index (κ1) is 13.5. The van der Waals surface area contributed by atoms with Crippen LogP contribution < -0.4 is 10.5 Å². The summed E-state index contributed by atoms with van der Waals surface area (Å²) < 4.78 is 10.7. The third-order valence-corrected chi connectivity index (χ3v) is 2.76. The molecule has 0 unspecified atom stereocenters. The number of nitrogens with two attached hydrogens (primary N) is 1. The highest BCUT2D eigenvalue weighted by Gasteiger charge is 2.15. The maximum absolute atomic E-state index is 5.95. The highest BCUT2D eigenvalue weighted by molar-refractivity contribution is 5.56. The maximum atomic E-state index is 5.95. The Hall–Kier alpha value is -1.88. The fourth-order valence-electron chi connectivity index (χ4n) is 1.83. The van der Waals surface area contributed by atoms with Gasteiger partial charge in [-0.15, -0.1) is 0 Å². The van der Waals surface area contributed by atoms with Crippen LogP contribution in [0.25, 0.3) is 11.4 Å². The van der Waals surface area contributed by atoms with Crippen LogP contribution in [0.4, 0.5) is 0 Å². The molecule has 102 valence electrons.